The average molecular weight is 419 g/mol. The molecule has 28 heavy (non-hydrogen) atoms. The summed E-state index contributed by atoms with van der Waals surface area (Å²) in [5, 5.41) is 0.211. The number of amides is 2. The Morgan fingerprint density at radius 1 is 1.14 bits per heavy atom. The van der Waals surface area contributed by atoms with Crippen LogP contribution in [-0.4, -0.2) is 32.0 Å². The maximum absolute atomic E-state index is 13.3. The van der Waals surface area contributed by atoms with E-state index in [0.717, 1.165) is 22.0 Å². The van der Waals surface area contributed by atoms with E-state index in [4.69, 9.17) is 11.6 Å². The number of rotatable bonds is 2. The van der Waals surface area contributed by atoms with Crippen molar-refractivity contribution in [1.29, 1.82) is 0 Å². The van der Waals surface area contributed by atoms with Crippen LogP contribution in [-0.2, 0) is 21.2 Å². The number of carbonyl (C=O) groups is 2. The van der Waals surface area contributed by atoms with Gasteiger partial charge in [0.2, 0.25) is 15.9 Å². The lowest BCUT2D eigenvalue weighted by Crippen LogP contribution is -2.36. The molecule has 2 aliphatic rings. The zero-order valence-electron chi connectivity index (χ0n) is 15.4. The molecule has 8 heteroatoms. The first-order valence-electron chi connectivity index (χ1n) is 8.98. The molecule has 2 atom stereocenters. The van der Waals surface area contributed by atoms with Gasteiger partial charge in [0.15, 0.2) is 0 Å². The number of halogens is 1. The molecule has 2 aromatic rings. The number of hydrogen-bond acceptors (Lipinski definition) is 4. The van der Waals surface area contributed by atoms with Crippen LogP contribution >= 0.6 is 11.6 Å². The van der Waals surface area contributed by atoms with Crippen LogP contribution in [0.3, 0.4) is 0 Å². The summed E-state index contributed by atoms with van der Waals surface area (Å²) in [5.41, 5.74) is 2.20. The van der Waals surface area contributed by atoms with Crippen LogP contribution in [0.2, 0.25) is 5.02 Å². The number of benzene rings is 2. The van der Waals surface area contributed by atoms with Crippen LogP contribution in [0.1, 0.15) is 29.8 Å². The van der Waals surface area contributed by atoms with Crippen molar-refractivity contribution in [2.24, 2.45) is 5.92 Å². The van der Waals surface area contributed by atoms with Crippen molar-refractivity contribution in [1.82, 2.24) is 0 Å². The third-order valence-electron chi connectivity index (χ3n) is 5.20. The second-order valence-corrected chi connectivity index (χ2v) is 9.57. The van der Waals surface area contributed by atoms with Crippen LogP contribution in [0.25, 0.3) is 0 Å². The van der Waals surface area contributed by atoms with Gasteiger partial charge in [-0.25, -0.2) is 12.7 Å². The molecule has 2 amide bonds. The number of nitrogens with zero attached hydrogens (tertiary/aromatic N) is 2. The number of hydrogen-bond donors (Lipinski definition) is 0. The largest absolute Gasteiger partial charge is 0.305 e. The SMILES string of the molecule is CC1CS(=O)(=O)N(c2ccc(Cl)c(C(=O)N3c4ccccc4CC3C)c2)C1=O. The fourth-order valence-electron chi connectivity index (χ4n) is 3.90. The van der Waals surface area contributed by atoms with E-state index in [9.17, 15) is 18.0 Å². The van der Waals surface area contributed by atoms with Crippen molar-refractivity contribution in [3.8, 4) is 0 Å². The van der Waals surface area contributed by atoms with E-state index in [1.165, 1.54) is 18.2 Å². The van der Waals surface area contributed by atoms with Gasteiger partial charge in [-0.1, -0.05) is 36.7 Å². The zero-order chi connectivity index (χ0) is 20.2. The van der Waals surface area contributed by atoms with Crippen LogP contribution < -0.4 is 9.21 Å². The smallest absolute Gasteiger partial charge is 0.260 e. The fourth-order valence-corrected chi connectivity index (χ4v) is 5.91. The zero-order valence-corrected chi connectivity index (χ0v) is 17.0. The number of para-hydroxylation sites is 1. The van der Waals surface area contributed by atoms with E-state index in [1.807, 2.05) is 31.2 Å². The Morgan fingerprint density at radius 3 is 2.54 bits per heavy atom. The molecule has 2 aromatic carbocycles. The van der Waals surface area contributed by atoms with Gasteiger partial charge in [-0.3, -0.25) is 9.59 Å². The highest BCUT2D eigenvalue weighted by Crippen LogP contribution is 2.36. The van der Waals surface area contributed by atoms with Crippen molar-refractivity contribution in [3.05, 3.63) is 58.6 Å². The lowest BCUT2D eigenvalue weighted by Gasteiger charge is -2.24. The molecule has 0 saturated carbocycles. The molecule has 2 heterocycles. The Morgan fingerprint density at radius 2 is 1.86 bits per heavy atom. The Kier molecular flexibility index (Phi) is 4.47. The molecule has 2 unspecified atom stereocenters. The van der Waals surface area contributed by atoms with Crippen LogP contribution in [0.15, 0.2) is 42.5 Å². The Bertz CT molecular complexity index is 1100. The summed E-state index contributed by atoms with van der Waals surface area (Å²) in [4.78, 5) is 27.4. The van der Waals surface area contributed by atoms with Gasteiger partial charge in [0.1, 0.15) is 0 Å². The second kappa shape index (κ2) is 6.60. The van der Waals surface area contributed by atoms with E-state index < -0.39 is 21.8 Å². The van der Waals surface area contributed by atoms with Crippen LogP contribution in [0.4, 0.5) is 11.4 Å². The lowest BCUT2D eigenvalue weighted by molar-refractivity contribution is -0.119. The predicted octanol–water partition coefficient (Wildman–Crippen LogP) is 3.24. The monoisotopic (exact) mass is 418 g/mol. The number of anilines is 2. The highest BCUT2D eigenvalue weighted by Gasteiger charge is 2.42. The van der Waals surface area contributed by atoms with Crippen molar-refractivity contribution in [2.45, 2.75) is 26.3 Å². The van der Waals surface area contributed by atoms with Crippen LogP contribution in [0, 0.1) is 5.92 Å². The highest BCUT2D eigenvalue weighted by atomic mass is 35.5. The topological polar surface area (TPSA) is 74.8 Å². The molecule has 4 rings (SSSR count). The standard InChI is InChI=1S/C20H19ClN2O4S/c1-12-11-28(26,27)23(19(12)24)15-7-8-17(21)16(10-15)20(25)22-13(2)9-14-5-3-4-6-18(14)22/h3-8,10,12-13H,9,11H2,1-2H3. The second-order valence-electron chi connectivity index (χ2n) is 7.30. The summed E-state index contributed by atoms with van der Waals surface area (Å²) in [7, 11) is -3.76. The first kappa shape index (κ1) is 19.0. The summed E-state index contributed by atoms with van der Waals surface area (Å²) in [6, 6.07) is 11.9. The molecule has 6 nitrogen and oxygen atoms in total. The Hall–Kier alpha value is -2.38. The lowest BCUT2D eigenvalue weighted by atomic mass is 10.1. The van der Waals surface area contributed by atoms with Gasteiger partial charge in [0.05, 0.1) is 27.9 Å². The minimum Gasteiger partial charge on any atom is -0.305 e. The molecule has 0 spiro atoms. The molecule has 146 valence electrons. The van der Waals surface area contributed by atoms with Gasteiger partial charge in [-0.05, 0) is 43.2 Å². The first-order chi connectivity index (χ1) is 13.2. The summed E-state index contributed by atoms with van der Waals surface area (Å²) in [6.45, 7) is 3.52. The molecule has 2 aliphatic heterocycles. The van der Waals surface area contributed by atoms with Gasteiger partial charge in [0, 0.05) is 11.7 Å². The number of fused-ring (bicyclic) bond motifs is 1. The molecule has 0 bridgehead atoms. The minimum absolute atomic E-state index is 0.0539. The molecule has 0 aromatic heterocycles. The first-order valence-corrected chi connectivity index (χ1v) is 11.0. The number of sulfonamides is 1. The predicted molar refractivity (Wildman–Crippen MR) is 108 cm³/mol. The summed E-state index contributed by atoms with van der Waals surface area (Å²) >= 11 is 6.29. The number of carbonyl (C=O) groups excluding carboxylic acids is 2. The fraction of sp³-hybridized carbons (Fsp3) is 0.300. The molecular formula is C20H19ClN2O4S. The van der Waals surface area contributed by atoms with E-state index in [0.29, 0.717) is 0 Å². The van der Waals surface area contributed by atoms with Crippen molar-refractivity contribution in [2.75, 3.05) is 15.0 Å². The minimum atomic E-state index is -3.76. The van der Waals surface area contributed by atoms with Gasteiger partial charge in [0.25, 0.3) is 5.91 Å². The van der Waals surface area contributed by atoms with Gasteiger partial charge < -0.3 is 4.90 Å². The van der Waals surface area contributed by atoms with E-state index in [2.05, 4.69) is 0 Å². The van der Waals surface area contributed by atoms with E-state index in [1.54, 1.807) is 11.8 Å². The molecule has 0 radical (unpaired) electrons. The van der Waals surface area contributed by atoms with Gasteiger partial charge in [-0.15, -0.1) is 0 Å². The molecule has 1 saturated heterocycles. The van der Waals surface area contributed by atoms with Crippen molar-refractivity contribution >= 4 is 44.8 Å². The van der Waals surface area contributed by atoms with E-state index in [-0.39, 0.29) is 34.0 Å². The maximum Gasteiger partial charge on any atom is 0.260 e. The Labute approximate surface area is 168 Å². The molecule has 0 N–H and O–H groups in total. The third kappa shape index (κ3) is 2.89. The molecule has 1 fully saturated rings. The normalized spacial score (nSPS) is 23.2. The summed E-state index contributed by atoms with van der Waals surface area (Å²) < 4.78 is 25.6. The summed E-state index contributed by atoms with van der Waals surface area (Å²) in [5.74, 6) is -1.68. The average Bonchev–Trinajstić information content (AvgIpc) is 3.07. The molecular weight excluding hydrogens is 400 g/mol. The summed E-state index contributed by atoms with van der Waals surface area (Å²) in [6.07, 6.45) is 0.732. The van der Waals surface area contributed by atoms with Crippen LogP contribution in [0.5, 0.6) is 0 Å². The van der Waals surface area contributed by atoms with Gasteiger partial charge in [-0.2, -0.15) is 0 Å². The highest BCUT2D eigenvalue weighted by molar-refractivity contribution is 7.94. The third-order valence-corrected chi connectivity index (χ3v) is 7.40. The van der Waals surface area contributed by atoms with Crippen molar-refractivity contribution < 1.29 is 18.0 Å². The molecule has 0 aliphatic carbocycles. The maximum atomic E-state index is 13.3. The van der Waals surface area contributed by atoms with Gasteiger partial charge >= 0.3 is 0 Å². The quantitative estimate of drug-likeness (QED) is 0.750. The van der Waals surface area contributed by atoms with E-state index >= 15 is 0 Å². The van der Waals surface area contributed by atoms with Crippen molar-refractivity contribution in [3.63, 3.8) is 0 Å². The Balaban J connectivity index is 1.77.